The minimum Gasteiger partial charge on any atom is -0.478 e. The van der Waals surface area contributed by atoms with Crippen LogP contribution in [0, 0.1) is 0 Å². The van der Waals surface area contributed by atoms with E-state index in [-0.39, 0.29) is 22.7 Å². The number of rotatable bonds is 3. The zero-order valence-corrected chi connectivity index (χ0v) is 10.5. The Morgan fingerprint density at radius 1 is 1.14 bits per heavy atom. The Morgan fingerprint density at radius 3 is 2.43 bits per heavy atom. The Morgan fingerprint density at radius 2 is 1.81 bits per heavy atom. The quantitative estimate of drug-likeness (QED) is 0.846. The highest BCUT2D eigenvalue weighted by Crippen LogP contribution is 2.34. The summed E-state index contributed by atoms with van der Waals surface area (Å²) in [5.74, 6) is -1.35. The van der Waals surface area contributed by atoms with E-state index in [1.807, 2.05) is 0 Å². The van der Waals surface area contributed by atoms with Crippen LogP contribution in [0.5, 0.6) is 11.5 Å². The highest BCUT2D eigenvalue weighted by Gasteiger charge is 2.30. The minimum absolute atomic E-state index is 0.0192. The van der Waals surface area contributed by atoms with Crippen LogP contribution < -0.4 is 10.5 Å². The van der Waals surface area contributed by atoms with Crippen LogP contribution in [0.15, 0.2) is 42.5 Å². The molecule has 0 aromatic heterocycles. The van der Waals surface area contributed by atoms with E-state index >= 15 is 0 Å². The Balaban J connectivity index is 2.35. The number of aromatic carboxylic acids is 1. The molecule has 110 valence electrons. The van der Waals surface area contributed by atoms with Gasteiger partial charge in [-0.3, -0.25) is 0 Å². The number of anilines is 1. The predicted molar refractivity (Wildman–Crippen MR) is 69.3 cm³/mol. The molecule has 0 heterocycles. The summed E-state index contributed by atoms with van der Waals surface area (Å²) in [6.07, 6.45) is -4.49. The Bertz CT molecular complexity index is 683. The second-order valence-electron chi connectivity index (χ2n) is 4.15. The van der Waals surface area contributed by atoms with Gasteiger partial charge in [-0.05, 0) is 30.3 Å². The van der Waals surface area contributed by atoms with Crippen LogP contribution >= 0.6 is 0 Å². The number of halogens is 3. The smallest absolute Gasteiger partial charge is 0.416 e. The predicted octanol–water partition coefficient (Wildman–Crippen LogP) is 3.78. The normalized spacial score (nSPS) is 11.2. The molecule has 0 radical (unpaired) electrons. The number of nitrogens with two attached hydrogens (primary N) is 1. The summed E-state index contributed by atoms with van der Waals surface area (Å²) in [7, 11) is 0. The maximum absolute atomic E-state index is 12.6. The van der Waals surface area contributed by atoms with Crippen molar-refractivity contribution in [2.75, 3.05) is 5.73 Å². The van der Waals surface area contributed by atoms with E-state index in [0.29, 0.717) is 0 Å². The van der Waals surface area contributed by atoms with Gasteiger partial charge >= 0.3 is 12.1 Å². The van der Waals surface area contributed by atoms with Gasteiger partial charge in [-0.1, -0.05) is 12.1 Å². The molecular formula is C14H10F3NO3. The molecule has 2 aromatic rings. The van der Waals surface area contributed by atoms with Crippen molar-refractivity contribution in [1.29, 1.82) is 0 Å². The van der Waals surface area contributed by atoms with Gasteiger partial charge in [0.05, 0.1) is 16.8 Å². The maximum Gasteiger partial charge on any atom is 0.416 e. The third-order valence-electron chi connectivity index (χ3n) is 2.69. The van der Waals surface area contributed by atoms with Crippen LogP contribution in [0.4, 0.5) is 18.9 Å². The maximum atomic E-state index is 12.6. The summed E-state index contributed by atoms with van der Waals surface area (Å²) in [6, 6.07) is 8.27. The van der Waals surface area contributed by atoms with Gasteiger partial charge < -0.3 is 15.6 Å². The van der Waals surface area contributed by atoms with Crippen LogP contribution in [-0.2, 0) is 6.18 Å². The van der Waals surface area contributed by atoms with Gasteiger partial charge in [0.2, 0.25) is 0 Å². The standard InChI is InChI=1S/C14H10F3NO3/c15-14(16,17)8-3-1-4-9(7-8)21-11-6-2-5-10(12(11)18)13(19)20/h1-7H,18H2,(H,19,20). The molecule has 0 saturated heterocycles. The summed E-state index contributed by atoms with van der Waals surface area (Å²) in [4.78, 5) is 10.9. The van der Waals surface area contributed by atoms with Crippen LogP contribution in [0.3, 0.4) is 0 Å². The lowest BCUT2D eigenvalue weighted by atomic mass is 10.1. The molecule has 7 heteroatoms. The number of para-hydroxylation sites is 1. The monoisotopic (exact) mass is 297 g/mol. The SMILES string of the molecule is Nc1c(Oc2cccc(C(F)(F)F)c2)cccc1C(=O)O. The zero-order valence-electron chi connectivity index (χ0n) is 10.5. The third-order valence-corrected chi connectivity index (χ3v) is 2.69. The van der Waals surface area contributed by atoms with Crippen molar-refractivity contribution in [3.63, 3.8) is 0 Å². The molecule has 0 saturated carbocycles. The highest BCUT2D eigenvalue weighted by atomic mass is 19.4. The lowest BCUT2D eigenvalue weighted by Crippen LogP contribution is -2.05. The number of nitrogen functional groups attached to an aromatic ring is 1. The van der Waals surface area contributed by atoms with Crippen molar-refractivity contribution >= 4 is 11.7 Å². The molecule has 2 rings (SSSR count). The number of carboxylic acid groups (broad SMARTS) is 1. The second-order valence-corrected chi connectivity index (χ2v) is 4.15. The van der Waals surface area contributed by atoms with E-state index in [1.54, 1.807) is 0 Å². The van der Waals surface area contributed by atoms with E-state index in [2.05, 4.69) is 0 Å². The van der Waals surface area contributed by atoms with Crippen molar-refractivity contribution in [3.05, 3.63) is 53.6 Å². The van der Waals surface area contributed by atoms with E-state index in [4.69, 9.17) is 15.6 Å². The molecule has 0 spiro atoms. The van der Waals surface area contributed by atoms with Gasteiger partial charge in [-0.25, -0.2) is 4.79 Å². The number of carboxylic acids is 1. The third kappa shape index (κ3) is 3.25. The first-order valence-corrected chi connectivity index (χ1v) is 5.76. The first kappa shape index (κ1) is 14.7. The number of hydrogen-bond donors (Lipinski definition) is 2. The topological polar surface area (TPSA) is 72.5 Å². The average Bonchev–Trinajstić information content (AvgIpc) is 2.40. The number of benzene rings is 2. The lowest BCUT2D eigenvalue weighted by molar-refractivity contribution is -0.137. The summed E-state index contributed by atoms with van der Waals surface area (Å²) in [6.45, 7) is 0. The molecular weight excluding hydrogens is 287 g/mol. The first-order valence-electron chi connectivity index (χ1n) is 5.76. The van der Waals surface area contributed by atoms with E-state index < -0.39 is 17.7 Å². The molecule has 0 fully saturated rings. The van der Waals surface area contributed by atoms with Gasteiger partial charge in [-0.2, -0.15) is 13.2 Å². The minimum atomic E-state index is -4.49. The molecule has 0 atom stereocenters. The molecule has 0 amide bonds. The van der Waals surface area contributed by atoms with Crippen LogP contribution in [0.25, 0.3) is 0 Å². The van der Waals surface area contributed by atoms with Crippen molar-refractivity contribution in [2.24, 2.45) is 0 Å². The van der Waals surface area contributed by atoms with Crippen LogP contribution in [0.2, 0.25) is 0 Å². The Labute approximate surface area is 117 Å². The molecule has 2 aromatic carbocycles. The Hall–Kier alpha value is -2.70. The number of hydrogen-bond acceptors (Lipinski definition) is 3. The first-order chi connectivity index (χ1) is 9.79. The number of alkyl halides is 3. The molecule has 0 aliphatic carbocycles. The second kappa shape index (κ2) is 5.35. The lowest BCUT2D eigenvalue weighted by Gasteiger charge is -2.12. The van der Waals surface area contributed by atoms with Gasteiger partial charge in [0.15, 0.2) is 5.75 Å². The summed E-state index contributed by atoms with van der Waals surface area (Å²) in [5, 5.41) is 8.92. The molecule has 0 bridgehead atoms. The van der Waals surface area contributed by atoms with Gasteiger partial charge in [0.25, 0.3) is 0 Å². The van der Waals surface area contributed by atoms with E-state index in [0.717, 1.165) is 12.1 Å². The molecule has 21 heavy (non-hydrogen) atoms. The fraction of sp³-hybridized carbons (Fsp3) is 0.0714. The highest BCUT2D eigenvalue weighted by molar-refractivity contribution is 5.95. The van der Waals surface area contributed by atoms with Crippen molar-refractivity contribution in [1.82, 2.24) is 0 Å². The number of carbonyl (C=O) groups is 1. The molecule has 0 unspecified atom stereocenters. The van der Waals surface area contributed by atoms with Crippen molar-refractivity contribution in [3.8, 4) is 11.5 Å². The number of ether oxygens (including phenoxy) is 1. The fourth-order valence-corrected chi connectivity index (χ4v) is 1.68. The molecule has 0 aliphatic heterocycles. The Kier molecular flexibility index (Phi) is 3.75. The van der Waals surface area contributed by atoms with Crippen LogP contribution in [-0.4, -0.2) is 11.1 Å². The van der Waals surface area contributed by atoms with Crippen molar-refractivity contribution < 1.29 is 27.8 Å². The van der Waals surface area contributed by atoms with Crippen LogP contribution in [0.1, 0.15) is 15.9 Å². The molecule has 0 aliphatic rings. The van der Waals surface area contributed by atoms with Gasteiger partial charge in [-0.15, -0.1) is 0 Å². The summed E-state index contributed by atoms with van der Waals surface area (Å²) < 4.78 is 43.0. The fourth-order valence-electron chi connectivity index (χ4n) is 1.68. The molecule has 3 N–H and O–H groups in total. The summed E-state index contributed by atoms with van der Waals surface area (Å²) >= 11 is 0. The van der Waals surface area contributed by atoms with Crippen molar-refractivity contribution in [2.45, 2.75) is 6.18 Å². The van der Waals surface area contributed by atoms with Gasteiger partial charge in [0.1, 0.15) is 5.75 Å². The van der Waals surface area contributed by atoms with Gasteiger partial charge in [0, 0.05) is 0 Å². The molecule has 4 nitrogen and oxygen atoms in total. The average molecular weight is 297 g/mol. The van der Waals surface area contributed by atoms with E-state index in [9.17, 15) is 18.0 Å². The van der Waals surface area contributed by atoms with E-state index in [1.165, 1.54) is 30.3 Å². The zero-order chi connectivity index (χ0) is 15.6. The largest absolute Gasteiger partial charge is 0.478 e. The summed E-state index contributed by atoms with van der Waals surface area (Å²) in [5.41, 5.74) is 4.43.